The molecule has 0 spiro atoms. The topological polar surface area (TPSA) is 38.1 Å². The maximum Gasteiger partial charge on any atom is 0.192 e. The summed E-state index contributed by atoms with van der Waals surface area (Å²) in [4.78, 5) is 4.40. The van der Waals surface area contributed by atoms with Crippen LogP contribution in [0, 0.1) is 12.8 Å². The molecule has 0 bridgehead atoms. The Bertz CT molecular complexity index is 567. The van der Waals surface area contributed by atoms with Crippen molar-refractivity contribution in [3.8, 4) is 0 Å². The van der Waals surface area contributed by atoms with Crippen LogP contribution in [0.4, 0.5) is 5.69 Å². The number of nitrogens with zero attached hydrogens (tertiary/aromatic N) is 1. The second-order valence-electron chi connectivity index (χ2n) is 6.07. The summed E-state index contributed by atoms with van der Waals surface area (Å²) in [5.41, 5.74) is 3.00. The minimum absolute atomic E-state index is 0.619. The van der Waals surface area contributed by atoms with E-state index in [-0.39, 0.29) is 0 Å². The molecule has 3 nitrogen and oxygen atoms in total. The highest BCUT2D eigenvalue weighted by atomic mass is 16.3. The first-order chi connectivity index (χ1) is 9.74. The van der Waals surface area contributed by atoms with Crippen molar-refractivity contribution in [1.82, 2.24) is 4.98 Å². The molecule has 1 fully saturated rings. The monoisotopic (exact) mass is 272 g/mol. The molecule has 0 unspecified atom stereocenters. The molecule has 1 aromatic carbocycles. The maximum atomic E-state index is 5.51. The highest BCUT2D eigenvalue weighted by molar-refractivity contribution is 5.77. The van der Waals surface area contributed by atoms with E-state index in [1.165, 1.54) is 44.2 Å². The van der Waals surface area contributed by atoms with Crippen LogP contribution in [0.25, 0.3) is 11.1 Å². The summed E-state index contributed by atoms with van der Waals surface area (Å²) in [6.45, 7) is 4.18. The number of fused-ring (bicyclic) bond motifs is 1. The van der Waals surface area contributed by atoms with Crippen LogP contribution in [-0.2, 0) is 0 Å². The standard InChI is InChI=1S/C17H24N2O/c1-3-4-13-5-7-14(8-6-13)19-15-9-10-17-16(11-15)18-12(2)20-17/h9-11,13-14,19H,3-8H2,1-2H3. The lowest BCUT2D eigenvalue weighted by molar-refractivity contribution is 0.319. The van der Waals surface area contributed by atoms with Crippen molar-refractivity contribution in [2.24, 2.45) is 5.92 Å². The zero-order valence-corrected chi connectivity index (χ0v) is 12.5. The summed E-state index contributed by atoms with van der Waals surface area (Å²) in [7, 11) is 0. The van der Waals surface area contributed by atoms with E-state index in [0.717, 1.165) is 22.9 Å². The third-order valence-corrected chi connectivity index (χ3v) is 4.41. The minimum atomic E-state index is 0.619. The summed E-state index contributed by atoms with van der Waals surface area (Å²) in [6.07, 6.45) is 8.05. The molecule has 1 saturated carbocycles. The Labute approximate surface area is 120 Å². The first kappa shape index (κ1) is 13.5. The number of aryl methyl sites for hydroxylation is 1. The highest BCUT2D eigenvalue weighted by Crippen LogP contribution is 2.30. The maximum absolute atomic E-state index is 5.51. The molecule has 0 radical (unpaired) electrons. The first-order valence-corrected chi connectivity index (χ1v) is 7.88. The van der Waals surface area contributed by atoms with E-state index in [0.29, 0.717) is 6.04 Å². The third-order valence-electron chi connectivity index (χ3n) is 4.41. The van der Waals surface area contributed by atoms with Gasteiger partial charge in [0, 0.05) is 18.7 Å². The molecule has 0 atom stereocenters. The lowest BCUT2D eigenvalue weighted by Gasteiger charge is -2.29. The predicted octanol–water partition coefficient (Wildman–Crippen LogP) is 4.91. The fourth-order valence-corrected chi connectivity index (χ4v) is 3.37. The van der Waals surface area contributed by atoms with Crippen molar-refractivity contribution < 1.29 is 4.42 Å². The summed E-state index contributed by atoms with van der Waals surface area (Å²) >= 11 is 0. The Morgan fingerprint density at radius 2 is 2.05 bits per heavy atom. The predicted molar refractivity (Wildman–Crippen MR) is 83.0 cm³/mol. The van der Waals surface area contributed by atoms with Crippen LogP contribution in [0.2, 0.25) is 0 Å². The first-order valence-electron chi connectivity index (χ1n) is 7.88. The molecule has 3 rings (SSSR count). The van der Waals surface area contributed by atoms with E-state index in [9.17, 15) is 0 Å². The lowest BCUT2D eigenvalue weighted by Crippen LogP contribution is -2.26. The van der Waals surface area contributed by atoms with Gasteiger partial charge in [0.2, 0.25) is 0 Å². The fraction of sp³-hybridized carbons (Fsp3) is 0.588. The molecule has 2 aromatic rings. The second kappa shape index (κ2) is 5.86. The Kier molecular flexibility index (Phi) is 3.95. The van der Waals surface area contributed by atoms with Gasteiger partial charge >= 0.3 is 0 Å². The van der Waals surface area contributed by atoms with Crippen LogP contribution >= 0.6 is 0 Å². The van der Waals surface area contributed by atoms with Gasteiger partial charge in [0.25, 0.3) is 0 Å². The summed E-state index contributed by atoms with van der Waals surface area (Å²) in [5.74, 6) is 1.69. The highest BCUT2D eigenvalue weighted by Gasteiger charge is 2.20. The number of hydrogen-bond donors (Lipinski definition) is 1. The molecule has 20 heavy (non-hydrogen) atoms. The normalized spacial score (nSPS) is 23.1. The van der Waals surface area contributed by atoms with Crippen molar-refractivity contribution in [2.75, 3.05) is 5.32 Å². The molecular formula is C17H24N2O. The molecule has 1 aliphatic carbocycles. The number of anilines is 1. The van der Waals surface area contributed by atoms with Crippen LogP contribution in [0.1, 0.15) is 51.3 Å². The number of aromatic nitrogens is 1. The lowest BCUT2D eigenvalue weighted by atomic mass is 9.83. The molecule has 1 aliphatic rings. The molecule has 108 valence electrons. The zero-order valence-electron chi connectivity index (χ0n) is 12.5. The van der Waals surface area contributed by atoms with Crippen LogP contribution in [0.3, 0.4) is 0 Å². The Morgan fingerprint density at radius 1 is 1.25 bits per heavy atom. The Hall–Kier alpha value is -1.51. The van der Waals surface area contributed by atoms with E-state index in [2.05, 4.69) is 29.4 Å². The number of oxazole rings is 1. The van der Waals surface area contributed by atoms with E-state index in [1.54, 1.807) is 0 Å². The molecule has 1 N–H and O–H groups in total. The summed E-state index contributed by atoms with van der Waals surface area (Å²) in [5, 5.41) is 3.66. The van der Waals surface area contributed by atoms with E-state index in [4.69, 9.17) is 4.42 Å². The van der Waals surface area contributed by atoms with E-state index < -0.39 is 0 Å². The molecule has 0 saturated heterocycles. The van der Waals surface area contributed by atoms with Crippen molar-refractivity contribution >= 4 is 16.8 Å². The van der Waals surface area contributed by atoms with Crippen molar-refractivity contribution in [3.63, 3.8) is 0 Å². The van der Waals surface area contributed by atoms with Gasteiger partial charge in [0.05, 0.1) is 0 Å². The zero-order chi connectivity index (χ0) is 13.9. The van der Waals surface area contributed by atoms with Gasteiger partial charge in [-0.2, -0.15) is 0 Å². The van der Waals surface area contributed by atoms with Crippen LogP contribution < -0.4 is 5.32 Å². The Balaban J connectivity index is 1.62. The largest absolute Gasteiger partial charge is 0.441 e. The van der Waals surface area contributed by atoms with Crippen molar-refractivity contribution in [1.29, 1.82) is 0 Å². The van der Waals surface area contributed by atoms with Gasteiger partial charge in [-0.1, -0.05) is 19.8 Å². The van der Waals surface area contributed by atoms with Gasteiger partial charge in [-0.25, -0.2) is 4.98 Å². The number of rotatable bonds is 4. The Morgan fingerprint density at radius 3 is 2.80 bits per heavy atom. The van der Waals surface area contributed by atoms with Gasteiger partial charge in [0.15, 0.2) is 11.5 Å². The quantitative estimate of drug-likeness (QED) is 0.859. The van der Waals surface area contributed by atoms with Crippen LogP contribution in [0.5, 0.6) is 0 Å². The average molecular weight is 272 g/mol. The minimum Gasteiger partial charge on any atom is -0.441 e. The SMILES string of the molecule is CCCC1CCC(Nc2ccc3oc(C)nc3c2)CC1. The molecule has 3 heteroatoms. The fourth-order valence-electron chi connectivity index (χ4n) is 3.37. The van der Waals surface area contributed by atoms with Crippen molar-refractivity contribution in [3.05, 3.63) is 24.1 Å². The molecule has 0 amide bonds. The van der Waals surface area contributed by atoms with Gasteiger partial charge in [-0.15, -0.1) is 0 Å². The molecular weight excluding hydrogens is 248 g/mol. The van der Waals surface area contributed by atoms with Crippen molar-refractivity contribution in [2.45, 2.75) is 58.4 Å². The van der Waals surface area contributed by atoms with Gasteiger partial charge < -0.3 is 9.73 Å². The summed E-state index contributed by atoms with van der Waals surface area (Å²) < 4.78 is 5.51. The number of benzene rings is 1. The molecule has 0 aliphatic heterocycles. The summed E-state index contributed by atoms with van der Waals surface area (Å²) in [6, 6.07) is 6.84. The van der Waals surface area contributed by atoms with E-state index >= 15 is 0 Å². The van der Waals surface area contributed by atoms with Crippen LogP contribution in [-0.4, -0.2) is 11.0 Å². The smallest absolute Gasteiger partial charge is 0.192 e. The van der Waals surface area contributed by atoms with Gasteiger partial charge in [-0.05, 0) is 49.8 Å². The molecule has 1 heterocycles. The third kappa shape index (κ3) is 2.97. The van der Waals surface area contributed by atoms with Gasteiger partial charge in [0.1, 0.15) is 5.52 Å². The second-order valence-corrected chi connectivity index (χ2v) is 6.07. The van der Waals surface area contributed by atoms with Gasteiger partial charge in [-0.3, -0.25) is 0 Å². The average Bonchev–Trinajstić information content (AvgIpc) is 2.81. The number of nitrogens with one attached hydrogen (secondary N) is 1. The number of hydrogen-bond acceptors (Lipinski definition) is 3. The van der Waals surface area contributed by atoms with E-state index in [1.807, 2.05) is 13.0 Å². The van der Waals surface area contributed by atoms with Crippen LogP contribution in [0.15, 0.2) is 22.6 Å². The molecule has 1 aromatic heterocycles.